The second kappa shape index (κ2) is 8.26. The molecule has 2 heterocycles. The lowest BCUT2D eigenvalue weighted by atomic mass is 10.3. The Hall–Kier alpha value is -2.08. The summed E-state index contributed by atoms with van der Waals surface area (Å²) >= 11 is 0. The van der Waals surface area contributed by atoms with Gasteiger partial charge in [-0.1, -0.05) is 6.92 Å². The quantitative estimate of drug-likeness (QED) is 0.716. The van der Waals surface area contributed by atoms with Crippen LogP contribution in [0.2, 0.25) is 0 Å². The van der Waals surface area contributed by atoms with Gasteiger partial charge in [-0.2, -0.15) is 4.98 Å². The number of aryl methyl sites for hydroxylation is 1. The standard InChI is InChI=1S/C15H21N3O3/c1-3-5-13-17-14(16-11-12-6-4-7-20-12)10-15(18-13)21-9-8-19-2/h4,6-7,10H,3,5,8-9,11H2,1-2H3,(H,16,17,18). The molecule has 2 aromatic rings. The van der Waals surface area contributed by atoms with Crippen LogP contribution in [-0.4, -0.2) is 30.3 Å². The summed E-state index contributed by atoms with van der Waals surface area (Å²) in [5, 5.41) is 3.22. The number of rotatable bonds is 9. The second-order valence-electron chi connectivity index (χ2n) is 4.53. The van der Waals surface area contributed by atoms with Crippen LogP contribution in [0.4, 0.5) is 5.82 Å². The Morgan fingerprint density at radius 3 is 2.90 bits per heavy atom. The average molecular weight is 291 g/mol. The van der Waals surface area contributed by atoms with E-state index in [-0.39, 0.29) is 0 Å². The van der Waals surface area contributed by atoms with Crippen LogP contribution in [0.1, 0.15) is 24.9 Å². The summed E-state index contributed by atoms with van der Waals surface area (Å²) in [7, 11) is 1.64. The van der Waals surface area contributed by atoms with Gasteiger partial charge in [0.25, 0.3) is 0 Å². The van der Waals surface area contributed by atoms with Crippen molar-refractivity contribution in [1.82, 2.24) is 9.97 Å². The van der Waals surface area contributed by atoms with Crippen molar-refractivity contribution < 1.29 is 13.9 Å². The fourth-order valence-electron chi connectivity index (χ4n) is 1.79. The molecule has 2 aromatic heterocycles. The molecule has 0 atom stereocenters. The minimum Gasteiger partial charge on any atom is -0.475 e. The summed E-state index contributed by atoms with van der Waals surface area (Å²) < 4.78 is 15.8. The van der Waals surface area contributed by atoms with Crippen molar-refractivity contribution in [2.45, 2.75) is 26.3 Å². The normalized spacial score (nSPS) is 10.6. The van der Waals surface area contributed by atoms with E-state index in [1.807, 2.05) is 12.1 Å². The van der Waals surface area contributed by atoms with E-state index in [4.69, 9.17) is 13.9 Å². The zero-order chi connectivity index (χ0) is 14.9. The van der Waals surface area contributed by atoms with E-state index in [0.29, 0.717) is 25.6 Å². The number of nitrogens with zero attached hydrogens (tertiary/aromatic N) is 2. The molecule has 1 N–H and O–H groups in total. The minimum atomic E-state index is 0.469. The van der Waals surface area contributed by atoms with Crippen LogP contribution >= 0.6 is 0 Å². The van der Waals surface area contributed by atoms with E-state index in [9.17, 15) is 0 Å². The predicted octanol–water partition coefficient (Wildman–Crippen LogP) is 2.66. The highest BCUT2D eigenvalue weighted by molar-refractivity contribution is 5.38. The molecule has 0 saturated carbocycles. The molecule has 0 fully saturated rings. The minimum absolute atomic E-state index is 0.469. The maximum absolute atomic E-state index is 5.57. The second-order valence-corrected chi connectivity index (χ2v) is 4.53. The largest absolute Gasteiger partial charge is 0.475 e. The number of hydrogen-bond donors (Lipinski definition) is 1. The fourth-order valence-corrected chi connectivity index (χ4v) is 1.79. The first kappa shape index (κ1) is 15.3. The lowest BCUT2D eigenvalue weighted by Crippen LogP contribution is -2.09. The van der Waals surface area contributed by atoms with Crippen molar-refractivity contribution in [3.8, 4) is 5.88 Å². The Bertz CT molecular complexity index is 529. The lowest BCUT2D eigenvalue weighted by molar-refractivity contribution is 0.143. The molecular weight excluding hydrogens is 270 g/mol. The molecule has 0 radical (unpaired) electrons. The van der Waals surface area contributed by atoms with Gasteiger partial charge in [0.05, 0.1) is 19.4 Å². The molecule has 0 saturated heterocycles. The summed E-state index contributed by atoms with van der Waals surface area (Å²) in [5.41, 5.74) is 0. The van der Waals surface area contributed by atoms with Crippen LogP contribution in [0.5, 0.6) is 5.88 Å². The topological polar surface area (TPSA) is 69.4 Å². The first-order valence-corrected chi connectivity index (χ1v) is 7.07. The zero-order valence-corrected chi connectivity index (χ0v) is 12.5. The van der Waals surface area contributed by atoms with Crippen molar-refractivity contribution >= 4 is 5.82 Å². The van der Waals surface area contributed by atoms with Crippen LogP contribution in [0.15, 0.2) is 28.9 Å². The van der Waals surface area contributed by atoms with Gasteiger partial charge in [0, 0.05) is 19.6 Å². The monoisotopic (exact) mass is 291 g/mol. The summed E-state index contributed by atoms with van der Waals surface area (Å²) in [5.74, 6) is 2.92. The number of ether oxygens (including phenoxy) is 2. The fraction of sp³-hybridized carbons (Fsp3) is 0.467. The predicted molar refractivity (Wildman–Crippen MR) is 79.4 cm³/mol. The van der Waals surface area contributed by atoms with E-state index in [0.717, 1.165) is 30.2 Å². The van der Waals surface area contributed by atoms with E-state index >= 15 is 0 Å². The summed E-state index contributed by atoms with van der Waals surface area (Å²) in [4.78, 5) is 8.86. The number of nitrogens with one attached hydrogen (secondary N) is 1. The zero-order valence-electron chi connectivity index (χ0n) is 12.5. The molecule has 0 amide bonds. The van der Waals surface area contributed by atoms with Crippen molar-refractivity contribution in [1.29, 1.82) is 0 Å². The molecule has 0 bridgehead atoms. The van der Waals surface area contributed by atoms with Crippen LogP contribution in [0, 0.1) is 0 Å². The Labute approximate surface area is 124 Å². The molecule has 21 heavy (non-hydrogen) atoms. The van der Waals surface area contributed by atoms with Gasteiger partial charge >= 0.3 is 0 Å². The number of hydrogen-bond acceptors (Lipinski definition) is 6. The summed E-state index contributed by atoms with van der Waals surface area (Å²) in [6.45, 7) is 3.67. The molecule has 114 valence electrons. The molecule has 0 spiro atoms. The number of furan rings is 1. The molecule has 6 nitrogen and oxygen atoms in total. The van der Waals surface area contributed by atoms with Gasteiger partial charge in [0.15, 0.2) is 0 Å². The van der Waals surface area contributed by atoms with Crippen LogP contribution in [-0.2, 0) is 17.7 Å². The highest BCUT2D eigenvalue weighted by Gasteiger charge is 2.06. The first-order chi connectivity index (χ1) is 10.3. The Balaban J connectivity index is 2.03. The third kappa shape index (κ3) is 5.07. The smallest absolute Gasteiger partial charge is 0.218 e. The van der Waals surface area contributed by atoms with E-state index < -0.39 is 0 Å². The molecule has 0 aliphatic heterocycles. The highest BCUT2D eigenvalue weighted by atomic mass is 16.5. The molecule has 0 aromatic carbocycles. The van der Waals surface area contributed by atoms with Crippen molar-refractivity contribution in [2.24, 2.45) is 0 Å². The molecule has 0 unspecified atom stereocenters. The number of methoxy groups -OCH3 is 1. The molecule has 0 aliphatic carbocycles. The summed E-state index contributed by atoms with van der Waals surface area (Å²) in [6.07, 6.45) is 3.45. The lowest BCUT2D eigenvalue weighted by Gasteiger charge is -2.10. The van der Waals surface area contributed by atoms with E-state index in [1.165, 1.54) is 0 Å². The maximum Gasteiger partial charge on any atom is 0.218 e. The van der Waals surface area contributed by atoms with Gasteiger partial charge in [-0.3, -0.25) is 0 Å². The van der Waals surface area contributed by atoms with Crippen LogP contribution in [0.25, 0.3) is 0 Å². The number of anilines is 1. The molecule has 6 heteroatoms. The van der Waals surface area contributed by atoms with Crippen molar-refractivity contribution in [3.63, 3.8) is 0 Å². The molecule has 2 rings (SSSR count). The van der Waals surface area contributed by atoms with E-state index in [1.54, 1.807) is 19.4 Å². The Morgan fingerprint density at radius 1 is 1.29 bits per heavy atom. The Kier molecular flexibility index (Phi) is 6.02. The SMILES string of the molecule is CCCc1nc(NCc2ccco2)cc(OCCOC)n1. The van der Waals surface area contributed by atoms with Crippen LogP contribution in [0.3, 0.4) is 0 Å². The van der Waals surface area contributed by atoms with Crippen molar-refractivity contribution in [3.05, 3.63) is 36.0 Å². The first-order valence-electron chi connectivity index (χ1n) is 7.07. The van der Waals surface area contributed by atoms with Gasteiger partial charge in [0.1, 0.15) is 24.0 Å². The maximum atomic E-state index is 5.57. The van der Waals surface area contributed by atoms with Gasteiger partial charge in [-0.25, -0.2) is 4.98 Å². The van der Waals surface area contributed by atoms with Crippen LogP contribution < -0.4 is 10.1 Å². The molecular formula is C15H21N3O3. The molecule has 0 aliphatic rings. The van der Waals surface area contributed by atoms with Gasteiger partial charge in [0.2, 0.25) is 5.88 Å². The average Bonchev–Trinajstić information content (AvgIpc) is 2.99. The van der Waals surface area contributed by atoms with Gasteiger partial charge < -0.3 is 19.2 Å². The van der Waals surface area contributed by atoms with Gasteiger partial charge in [-0.05, 0) is 18.6 Å². The third-order valence-electron chi connectivity index (χ3n) is 2.78. The van der Waals surface area contributed by atoms with Gasteiger partial charge in [-0.15, -0.1) is 0 Å². The summed E-state index contributed by atoms with van der Waals surface area (Å²) in [6, 6.07) is 5.56. The van der Waals surface area contributed by atoms with Crippen molar-refractivity contribution in [2.75, 3.05) is 25.6 Å². The van der Waals surface area contributed by atoms with E-state index in [2.05, 4.69) is 22.2 Å². The number of aromatic nitrogens is 2. The highest BCUT2D eigenvalue weighted by Crippen LogP contribution is 2.15. The Morgan fingerprint density at radius 2 is 2.19 bits per heavy atom. The third-order valence-corrected chi connectivity index (χ3v) is 2.78.